The molecule has 1 aromatic heterocycles. The maximum atomic E-state index is 4.42. The third-order valence-corrected chi connectivity index (χ3v) is 4.48. The Morgan fingerprint density at radius 1 is 1.55 bits per heavy atom. The standard InChI is InChI=1S/C15H25N3S.HI/c1-12(2)9-13-6-7-18(11-13)15(16-3)17-10-14-5-4-8-19-14;/h4-5,8,12-13H,6-7,9-11H2,1-3H3,(H,16,17);1H. The maximum Gasteiger partial charge on any atom is 0.193 e. The van der Waals surface area contributed by atoms with Crippen molar-refractivity contribution >= 4 is 41.3 Å². The lowest BCUT2D eigenvalue weighted by atomic mass is 9.97. The predicted octanol–water partition coefficient (Wildman–Crippen LogP) is 3.81. The van der Waals surface area contributed by atoms with Crippen molar-refractivity contribution in [1.82, 2.24) is 10.2 Å². The zero-order valence-corrected chi connectivity index (χ0v) is 15.8. The Morgan fingerprint density at radius 3 is 2.95 bits per heavy atom. The molecule has 1 aromatic rings. The van der Waals surface area contributed by atoms with E-state index in [0.29, 0.717) is 0 Å². The van der Waals surface area contributed by atoms with Gasteiger partial charge in [0.1, 0.15) is 0 Å². The number of guanidine groups is 1. The third-order valence-electron chi connectivity index (χ3n) is 3.60. The van der Waals surface area contributed by atoms with Gasteiger partial charge in [0.2, 0.25) is 0 Å². The van der Waals surface area contributed by atoms with E-state index < -0.39 is 0 Å². The molecule has 0 saturated carbocycles. The van der Waals surface area contributed by atoms with Crippen molar-refractivity contribution in [2.45, 2.75) is 33.2 Å². The second kappa shape index (κ2) is 8.87. The molecule has 0 bridgehead atoms. The molecular weight excluding hydrogens is 381 g/mol. The first-order valence-corrected chi connectivity index (χ1v) is 8.05. The molecule has 0 aliphatic carbocycles. The van der Waals surface area contributed by atoms with Gasteiger partial charge in [-0.1, -0.05) is 19.9 Å². The average Bonchev–Trinajstić information content (AvgIpc) is 3.01. The van der Waals surface area contributed by atoms with Crippen LogP contribution in [0.4, 0.5) is 0 Å². The molecule has 0 radical (unpaired) electrons. The Balaban J connectivity index is 0.00000200. The number of hydrogen-bond donors (Lipinski definition) is 1. The van der Waals surface area contributed by atoms with Crippen molar-refractivity contribution in [1.29, 1.82) is 0 Å². The third kappa shape index (κ3) is 5.24. The van der Waals surface area contributed by atoms with Crippen molar-refractivity contribution in [2.75, 3.05) is 20.1 Å². The topological polar surface area (TPSA) is 27.6 Å². The van der Waals surface area contributed by atoms with Crippen LogP contribution in [0.25, 0.3) is 0 Å². The number of thiophene rings is 1. The lowest BCUT2D eigenvalue weighted by Crippen LogP contribution is -2.39. The SMILES string of the molecule is CN=C(NCc1cccs1)N1CCC(CC(C)C)C1.I. The molecule has 1 saturated heterocycles. The smallest absolute Gasteiger partial charge is 0.193 e. The van der Waals surface area contributed by atoms with Crippen molar-refractivity contribution in [3.63, 3.8) is 0 Å². The summed E-state index contributed by atoms with van der Waals surface area (Å²) in [6.07, 6.45) is 2.64. The summed E-state index contributed by atoms with van der Waals surface area (Å²) in [5, 5.41) is 5.59. The van der Waals surface area contributed by atoms with E-state index in [2.05, 4.69) is 46.6 Å². The molecule has 3 nitrogen and oxygen atoms in total. The minimum atomic E-state index is 0. The lowest BCUT2D eigenvalue weighted by molar-refractivity contribution is 0.403. The van der Waals surface area contributed by atoms with Gasteiger partial charge in [0.05, 0.1) is 6.54 Å². The van der Waals surface area contributed by atoms with Crippen LogP contribution in [-0.2, 0) is 6.54 Å². The van der Waals surface area contributed by atoms with Gasteiger partial charge in [0.25, 0.3) is 0 Å². The van der Waals surface area contributed by atoms with E-state index >= 15 is 0 Å². The van der Waals surface area contributed by atoms with E-state index in [1.165, 1.54) is 17.7 Å². The fraction of sp³-hybridized carbons (Fsp3) is 0.667. The van der Waals surface area contributed by atoms with Crippen molar-refractivity contribution < 1.29 is 0 Å². The fourth-order valence-electron chi connectivity index (χ4n) is 2.80. The van der Waals surface area contributed by atoms with E-state index in [0.717, 1.165) is 37.4 Å². The second-order valence-corrected chi connectivity index (χ2v) is 6.74. The maximum absolute atomic E-state index is 4.42. The molecule has 1 fully saturated rings. The summed E-state index contributed by atoms with van der Waals surface area (Å²) in [4.78, 5) is 8.18. The Morgan fingerprint density at radius 2 is 2.35 bits per heavy atom. The molecule has 1 aliphatic heterocycles. The summed E-state index contributed by atoms with van der Waals surface area (Å²) < 4.78 is 0. The number of nitrogens with zero attached hydrogens (tertiary/aromatic N) is 2. The van der Waals surface area contributed by atoms with Crippen LogP contribution in [-0.4, -0.2) is 31.0 Å². The van der Waals surface area contributed by atoms with Crippen LogP contribution in [0.1, 0.15) is 31.6 Å². The molecule has 0 aromatic carbocycles. The molecule has 1 atom stereocenters. The van der Waals surface area contributed by atoms with Gasteiger partial charge >= 0.3 is 0 Å². The first kappa shape index (κ1) is 17.8. The number of likely N-dealkylation sites (tertiary alicyclic amines) is 1. The minimum absolute atomic E-state index is 0. The first-order chi connectivity index (χ1) is 9.19. The summed E-state index contributed by atoms with van der Waals surface area (Å²) >= 11 is 1.79. The van der Waals surface area contributed by atoms with Crippen molar-refractivity contribution in [3.05, 3.63) is 22.4 Å². The number of rotatable bonds is 4. The van der Waals surface area contributed by atoms with Crippen LogP contribution in [0.2, 0.25) is 0 Å². The Labute approximate surface area is 143 Å². The molecule has 0 amide bonds. The summed E-state index contributed by atoms with van der Waals surface area (Å²) in [6.45, 7) is 7.80. The molecule has 2 rings (SSSR count). The van der Waals surface area contributed by atoms with E-state index in [4.69, 9.17) is 0 Å². The number of nitrogens with one attached hydrogen (secondary N) is 1. The summed E-state index contributed by atoms with van der Waals surface area (Å²) in [6, 6.07) is 4.26. The van der Waals surface area contributed by atoms with Gasteiger partial charge in [-0.3, -0.25) is 4.99 Å². The van der Waals surface area contributed by atoms with Crippen molar-refractivity contribution in [2.24, 2.45) is 16.8 Å². The quantitative estimate of drug-likeness (QED) is 0.467. The molecule has 1 N–H and O–H groups in total. The van der Waals surface area contributed by atoms with Crippen LogP contribution in [0, 0.1) is 11.8 Å². The van der Waals surface area contributed by atoms with E-state index in [-0.39, 0.29) is 24.0 Å². The van der Waals surface area contributed by atoms with Crippen LogP contribution in [0.15, 0.2) is 22.5 Å². The largest absolute Gasteiger partial charge is 0.351 e. The summed E-state index contributed by atoms with van der Waals surface area (Å²) in [7, 11) is 1.88. The zero-order chi connectivity index (χ0) is 13.7. The van der Waals surface area contributed by atoms with E-state index in [1.54, 1.807) is 11.3 Å². The molecule has 1 aliphatic rings. The van der Waals surface area contributed by atoms with Crippen LogP contribution in [0.5, 0.6) is 0 Å². The van der Waals surface area contributed by atoms with Gasteiger partial charge in [-0.2, -0.15) is 0 Å². The highest BCUT2D eigenvalue weighted by Gasteiger charge is 2.25. The van der Waals surface area contributed by atoms with Gasteiger partial charge in [-0.15, -0.1) is 35.3 Å². The molecule has 1 unspecified atom stereocenters. The van der Waals surface area contributed by atoms with E-state index in [9.17, 15) is 0 Å². The van der Waals surface area contributed by atoms with Crippen LogP contribution in [0.3, 0.4) is 0 Å². The minimum Gasteiger partial charge on any atom is -0.351 e. The fourth-order valence-corrected chi connectivity index (χ4v) is 3.44. The molecule has 0 spiro atoms. The highest BCUT2D eigenvalue weighted by atomic mass is 127. The average molecular weight is 407 g/mol. The van der Waals surface area contributed by atoms with Crippen LogP contribution >= 0.6 is 35.3 Å². The molecular formula is C15H26IN3S. The number of aliphatic imine (C=N–C) groups is 1. The van der Waals surface area contributed by atoms with Gasteiger partial charge in [0.15, 0.2) is 5.96 Å². The number of halogens is 1. The van der Waals surface area contributed by atoms with Gasteiger partial charge in [-0.25, -0.2) is 0 Å². The number of hydrogen-bond acceptors (Lipinski definition) is 2. The van der Waals surface area contributed by atoms with E-state index in [1.807, 2.05) is 7.05 Å². The van der Waals surface area contributed by atoms with Gasteiger partial charge in [-0.05, 0) is 36.1 Å². The highest BCUT2D eigenvalue weighted by molar-refractivity contribution is 14.0. The first-order valence-electron chi connectivity index (χ1n) is 7.17. The lowest BCUT2D eigenvalue weighted by Gasteiger charge is -2.21. The Hall–Kier alpha value is -0.300. The van der Waals surface area contributed by atoms with Crippen LogP contribution < -0.4 is 5.32 Å². The Bertz CT molecular complexity index is 403. The second-order valence-electron chi connectivity index (χ2n) is 5.71. The Kier molecular flexibility index (Phi) is 7.87. The highest BCUT2D eigenvalue weighted by Crippen LogP contribution is 2.23. The summed E-state index contributed by atoms with van der Waals surface area (Å²) in [5.74, 6) is 2.69. The van der Waals surface area contributed by atoms with Gasteiger partial charge in [0, 0.05) is 25.0 Å². The molecule has 114 valence electrons. The normalized spacial score (nSPS) is 19.3. The molecule has 2 heterocycles. The molecule has 5 heteroatoms. The monoisotopic (exact) mass is 407 g/mol. The molecule has 20 heavy (non-hydrogen) atoms. The van der Waals surface area contributed by atoms with Crippen molar-refractivity contribution in [3.8, 4) is 0 Å². The summed E-state index contributed by atoms with van der Waals surface area (Å²) in [5.41, 5.74) is 0. The predicted molar refractivity (Wildman–Crippen MR) is 99.1 cm³/mol. The zero-order valence-electron chi connectivity index (χ0n) is 12.6. The van der Waals surface area contributed by atoms with Gasteiger partial charge < -0.3 is 10.2 Å².